The molecular formula is C12H12F3N7. The molecule has 3 aromatic rings. The van der Waals surface area contributed by atoms with Crippen LogP contribution in [0.3, 0.4) is 0 Å². The lowest BCUT2D eigenvalue weighted by atomic mass is 10.4. The van der Waals surface area contributed by atoms with Gasteiger partial charge in [0.05, 0.1) is 0 Å². The second-order valence-corrected chi connectivity index (χ2v) is 4.85. The van der Waals surface area contributed by atoms with E-state index in [1.54, 1.807) is 30.8 Å². The molecule has 0 saturated carbocycles. The SMILES string of the molecule is Cc1cc(Nc2cc(C)n(C)n2)n2nc(C(F)(F)F)nc2n1. The highest BCUT2D eigenvalue weighted by molar-refractivity contribution is 5.55. The molecule has 1 N–H and O–H groups in total. The van der Waals surface area contributed by atoms with Crippen molar-refractivity contribution in [3.05, 3.63) is 29.3 Å². The van der Waals surface area contributed by atoms with Gasteiger partial charge in [0.25, 0.3) is 11.6 Å². The minimum absolute atomic E-state index is 0.123. The largest absolute Gasteiger partial charge is 0.453 e. The zero-order chi connectivity index (χ0) is 16.1. The fourth-order valence-electron chi connectivity index (χ4n) is 1.95. The monoisotopic (exact) mass is 311 g/mol. The summed E-state index contributed by atoms with van der Waals surface area (Å²) >= 11 is 0. The van der Waals surface area contributed by atoms with Crippen LogP contribution in [0.25, 0.3) is 5.78 Å². The third-order valence-corrected chi connectivity index (χ3v) is 3.06. The first-order valence-corrected chi connectivity index (χ1v) is 6.33. The summed E-state index contributed by atoms with van der Waals surface area (Å²) in [6.45, 7) is 3.53. The number of aryl methyl sites for hydroxylation is 3. The van der Waals surface area contributed by atoms with Crippen LogP contribution >= 0.6 is 0 Å². The van der Waals surface area contributed by atoms with Gasteiger partial charge in [-0.1, -0.05) is 0 Å². The number of hydrogen-bond acceptors (Lipinski definition) is 5. The molecular weight excluding hydrogens is 299 g/mol. The van der Waals surface area contributed by atoms with Crippen LogP contribution in [0, 0.1) is 13.8 Å². The predicted octanol–water partition coefficient (Wildman–Crippen LogP) is 2.24. The number of nitrogens with zero attached hydrogens (tertiary/aromatic N) is 6. The van der Waals surface area contributed by atoms with Gasteiger partial charge in [0.1, 0.15) is 5.82 Å². The molecule has 0 aliphatic rings. The summed E-state index contributed by atoms with van der Waals surface area (Å²) in [5.41, 5.74) is 1.42. The molecule has 0 aromatic carbocycles. The molecule has 3 aromatic heterocycles. The molecule has 3 rings (SSSR count). The van der Waals surface area contributed by atoms with Crippen LogP contribution in [-0.4, -0.2) is 29.4 Å². The van der Waals surface area contributed by atoms with Crippen molar-refractivity contribution in [2.45, 2.75) is 20.0 Å². The smallest absolute Gasteiger partial charge is 0.323 e. The highest BCUT2D eigenvalue weighted by Gasteiger charge is 2.36. The van der Waals surface area contributed by atoms with Gasteiger partial charge in [0, 0.05) is 30.6 Å². The van der Waals surface area contributed by atoms with E-state index < -0.39 is 12.0 Å². The van der Waals surface area contributed by atoms with E-state index in [0.29, 0.717) is 17.3 Å². The lowest BCUT2D eigenvalue weighted by molar-refractivity contribution is -0.144. The minimum atomic E-state index is -4.62. The Labute approximate surface area is 122 Å². The lowest BCUT2D eigenvalue weighted by Gasteiger charge is -2.05. The molecule has 0 amide bonds. The van der Waals surface area contributed by atoms with Gasteiger partial charge >= 0.3 is 6.18 Å². The summed E-state index contributed by atoms with van der Waals surface area (Å²) in [5, 5.41) is 10.6. The van der Waals surface area contributed by atoms with Gasteiger partial charge in [0.15, 0.2) is 5.82 Å². The standard InChI is InChI=1S/C12H12F3N7/c1-6-4-9(17-8-5-7(2)21(3)19-8)22-11(16-6)18-10(20-22)12(13,14)15/h4-5H,1-3H3,(H,17,19). The van der Waals surface area contributed by atoms with Crippen molar-refractivity contribution in [3.63, 3.8) is 0 Å². The molecule has 3 heterocycles. The zero-order valence-electron chi connectivity index (χ0n) is 12.0. The summed E-state index contributed by atoms with van der Waals surface area (Å²) in [6, 6.07) is 3.34. The first-order chi connectivity index (χ1) is 10.2. The molecule has 0 radical (unpaired) electrons. The minimum Gasteiger partial charge on any atom is -0.323 e. The van der Waals surface area contributed by atoms with Gasteiger partial charge in [0.2, 0.25) is 0 Å². The highest BCUT2D eigenvalue weighted by atomic mass is 19.4. The van der Waals surface area contributed by atoms with Crippen molar-refractivity contribution in [1.29, 1.82) is 0 Å². The Morgan fingerprint density at radius 2 is 1.82 bits per heavy atom. The molecule has 0 unspecified atom stereocenters. The van der Waals surface area contributed by atoms with Crippen LogP contribution in [0.4, 0.5) is 24.8 Å². The summed E-state index contributed by atoms with van der Waals surface area (Å²) < 4.78 is 40.9. The number of halogens is 3. The topological polar surface area (TPSA) is 72.9 Å². The van der Waals surface area contributed by atoms with Crippen molar-refractivity contribution in [1.82, 2.24) is 29.4 Å². The van der Waals surface area contributed by atoms with E-state index in [1.807, 2.05) is 6.92 Å². The van der Waals surface area contributed by atoms with E-state index in [-0.39, 0.29) is 5.78 Å². The third-order valence-electron chi connectivity index (χ3n) is 3.06. The summed E-state index contributed by atoms with van der Waals surface area (Å²) in [4.78, 5) is 7.38. The lowest BCUT2D eigenvalue weighted by Crippen LogP contribution is -2.08. The molecule has 0 bridgehead atoms. The maximum absolute atomic E-state index is 12.7. The van der Waals surface area contributed by atoms with Crippen LogP contribution in [0.5, 0.6) is 0 Å². The number of fused-ring (bicyclic) bond motifs is 1. The van der Waals surface area contributed by atoms with Crippen molar-refractivity contribution < 1.29 is 13.2 Å². The van der Waals surface area contributed by atoms with Crippen molar-refractivity contribution in [2.24, 2.45) is 7.05 Å². The maximum atomic E-state index is 12.7. The molecule has 0 fully saturated rings. The van der Waals surface area contributed by atoms with E-state index in [4.69, 9.17) is 0 Å². The number of nitrogens with one attached hydrogen (secondary N) is 1. The van der Waals surface area contributed by atoms with E-state index in [0.717, 1.165) is 10.2 Å². The molecule has 22 heavy (non-hydrogen) atoms. The molecule has 0 saturated heterocycles. The zero-order valence-corrected chi connectivity index (χ0v) is 12.0. The maximum Gasteiger partial charge on any atom is 0.453 e. The number of hydrogen-bond donors (Lipinski definition) is 1. The second kappa shape index (κ2) is 4.68. The predicted molar refractivity (Wildman–Crippen MR) is 71.7 cm³/mol. The Morgan fingerprint density at radius 1 is 1.09 bits per heavy atom. The number of alkyl halides is 3. The van der Waals surface area contributed by atoms with Gasteiger partial charge in [-0.15, -0.1) is 5.10 Å². The normalized spacial score (nSPS) is 12.1. The van der Waals surface area contributed by atoms with E-state index in [9.17, 15) is 13.2 Å². The Bertz CT molecular complexity index is 827. The van der Waals surface area contributed by atoms with E-state index in [1.165, 1.54) is 0 Å². The number of aromatic nitrogens is 6. The average molecular weight is 311 g/mol. The van der Waals surface area contributed by atoms with Crippen LogP contribution in [0.2, 0.25) is 0 Å². The van der Waals surface area contributed by atoms with Crippen molar-refractivity contribution in [3.8, 4) is 0 Å². The van der Waals surface area contributed by atoms with Crippen molar-refractivity contribution >= 4 is 17.4 Å². The van der Waals surface area contributed by atoms with Crippen LogP contribution in [-0.2, 0) is 13.2 Å². The summed E-state index contributed by atoms with van der Waals surface area (Å²) in [7, 11) is 1.77. The van der Waals surface area contributed by atoms with Gasteiger partial charge < -0.3 is 5.32 Å². The summed E-state index contributed by atoms with van der Waals surface area (Å²) in [5.74, 6) is -0.548. The van der Waals surface area contributed by atoms with E-state index in [2.05, 4.69) is 25.5 Å². The fourth-order valence-corrected chi connectivity index (χ4v) is 1.95. The quantitative estimate of drug-likeness (QED) is 0.786. The molecule has 0 aliphatic heterocycles. The number of rotatable bonds is 2. The third kappa shape index (κ3) is 2.47. The average Bonchev–Trinajstić information content (AvgIpc) is 2.93. The number of anilines is 2. The fraction of sp³-hybridized carbons (Fsp3) is 0.333. The molecule has 0 atom stereocenters. The molecule has 10 heteroatoms. The van der Waals surface area contributed by atoms with E-state index >= 15 is 0 Å². The molecule has 7 nitrogen and oxygen atoms in total. The second-order valence-electron chi connectivity index (χ2n) is 4.85. The van der Waals surface area contributed by atoms with Gasteiger partial charge in [-0.25, -0.2) is 4.98 Å². The van der Waals surface area contributed by atoms with Crippen LogP contribution in [0.15, 0.2) is 12.1 Å². The van der Waals surface area contributed by atoms with Crippen LogP contribution in [0.1, 0.15) is 17.2 Å². The molecule has 0 spiro atoms. The highest BCUT2D eigenvalue weighted by Crippen LogP contribution is 2.27. The first kappa shape index (κ1) is 14.3. The Hall–Kier alpha value is -2.65. The van der Waals surface area contributed by atoms with Gasteiger partial charge in [-0.05, 0) is 13.8 Å². The van der Waals surface area contributed by atoms with Gasteiger partial charge in [-0.3, -0.25) is 4.68 Å². The molecule has 116 valence electrons. The van der Waals surface area contributed by atoms with Crippen LogP contribution < -0.4 is 5.32 Å². The first-order valence-electron chi connectivity index (χ1n) is 6.33. The van der Waals surface area contributed by atoms with Gasteiger partial charge in [-0.2, -0.15) is 27.8 Å². The summed E-state index contributed by atoms with van der Waals surface area (Å²) in [6.07, 6.45) is -4.62. The molecule has 0 aliphatic carbocycles. The Balaban J connectivity index is 2.10. The van der Waals surface area contributed by atoms with Crippen molar-refractivity contribution in [2.75, 3.05) is 5.32 Å². The Morgan fingerprint density at radius 3 is 2.41 bits per heavy atom. The Kier molecular flexibility index (Phi) is 3.04.